The van der Waals surface area contributed by atoms with Crippen molar-refractivity contribution >= 4 is 5.57 Å². The van der Waals surface area contributed by atoms with E-state index in [4.69, 9.17) is 4.74 Å². The van der Waals surface area contributed by atoms with Gasteiger partial charge in [-0.05, 0) is 81.9 Å². The molecular weight excluding hydrogens is 352 g/mol. The summed E-state index contributed by atoms with van der Waals surface area (Å²) >= 11 is 0. The smallest absolute Gasteiger partial charge is 0.0666 e. The summed E-state index contributed by atoms with van der Waals surface area (Å²) in [6.45, 7) is 13.7. The van der Waals surface area contributed by atoms with Gasteiger partial charge in [0.2, 0.25) is 0 Å². The van der Waals surface area contributed by atoms with Crippen molar-refractivity contribution in [3.63, 3.8) is 0 Å². The summed E-state index contributed by atoms with van der Waals surface area (Å²) in [7, 11) is 0. The van der Waals surface area contributed by atoms with E-state index < -0.39 is 0 Å². The van der Waals surface area contributed by atoms with Crippen LogP contribution in [0, 0.1) is 11.8 Å². The maximum absolute atomic E-state index is 6.23. The molecule has 0 heterocycles. The van der Waals surface area contributed by atoms with E-state index in [1.807, 2.05) is 13.8 Å². The van der Waals surface area contributed by atoms with Gasteiger partial charge < -0.3 is 4.74 Å². The molecule has 1 heteroatoms. The number of hydrogen-bond acceptors (Lipinski definition) is 1. The van der Waals surface area contributed by atoms with E-state index in [1.165, 1.54) is 48.0 Å². The monoisotopic (exact) mass is 394 g/mol. The third-order valence-electron chi connectivity index (χ3n) is 5.66. The quantitative estimate of drug-likeness (QED) is 0.287. The first-order valence-corrected chi connectivity index (χ1v) is 11.7. The molecule has 0 N–H and O–H groups in total. The lowest BCUT2D eigenvalue weighted by Gasteiger charge is -2.26. The van der Waals surface area contributed by atoms with Gasteiger partial charge in [0.15, 0.2) is 0 Å². The molecule has 0 aromatic heterocycles. The van der Waals surface area contributed by atoms with E-state index in [-0.39, 0.29) is 5.60 Å². The second-order valence-electron chi connectivity index (χ2n) is 9.13. The van der Waals surface area contributed by atoms with Gasteiger partial charge in [-0.3, -0.25) is 0 Å². The van der Waals surface area contributed by atoms with Gasteiger partial charge in [-0.2, -0.15) is 0 Å². The molecule has 3 rings (SSSR count). The number of fused-ring (bicyclic) bond motifs is 1. The zero-order chi connectivity index (χ0) is 21.3. The number of allylic oxidation sites excluding steroid dienone is 6. The average Bonchev–Trinajstić information content (AvgIpc) is 3.48. The lowest BCUT2D eigenvalue weighted by Crippen LogP contribution is -2.28. The molecule has 1 saturated carbocycles. The van der Waals surface area contributed by atoms with Crippen molar-refractivity contribution in [3.05, 3.63) is 65.3 Å². The van der Waals surface area contributed by atoms with Crippen LogP contribution in [0.25, 0.3) is 5.57 Å². The van der Waals surface area contributed by atoms with Crippen molar-refractivity contribution in [1.82, 2.24) is 0 Å². The molecule has 0 bridgehead atoms. The summed E-state index contributed by atoms with van der Waals surface area (Å²) in [4.78, 5) is 0. The SMILES string of the molecule is CC.CC(C)=CCCCCCOC(C)(C)Cc1cccc(C2=CC=CC3CC23)c1. The second-order valence-corrected chi connectivity index (χ2v) is 9.13. The number of unbranched alkanes of at least 4 members (excludes halogenated alkanes) is 3. The van der Waals surface area contributed by atoms with Crippen LogP contribution in [0.5, 0.6) is 0 Å². The van der Waals surface area contributed by atoms with Gasteiger partial charge in [0.25, 0.3) is 0 Å². The van der Waals surface area contributed by atoms with Gasteiger partial charge in [0, 0.05) is 13.0 Å². The second kappa shape index (κ2) is 11.6. The molecule has 1 aromatic rings. The van der Waals surface area contributed by atoms with Crippen molar-refractivity contribution in [2.75, 3.05) is 6.61 Å². The predicted molar refractivity (Wildman–Crippen MR) is 128 cm³/mol. The predicted octanol–water partition coefficient (Wildman–Crippen LogP) is 8.17. The Hall–Kier alpha value is -1.60. The van der Waals surface area contributed by atoms with Crippen LogP contribution < -0.4 is 0 Å². The van der Waals surface area contributed by atoms with Crippen molar-refractivity contribution in [2.45, 2.75) is 85.7 Å². The summed E-state index contributed by atoms with van der Waals surface area (Å²) in [6.07, 6.45) is 16.4. The minimum Gasteiger partial charge on any atom is -0.375 e. The van der Waals surface area contributed by atoms with E-state index in [1.54, 1.807) is 0 Å². The van der Waals surface area contributed by atoms with Gasteiger partial charge in [0.1, 0.15) is 0 Å². The highest BCUT2D eigenvalue weighted by Gasteiger charge is 2.39. The van der Waals surface area contributed by atoms with E-state index >= 15 is 0 Å². The van der Waals surface area contributed by atoms with E-state index in [0.29, 0.717) is 0 Å². The highest BCUT2D eigenvalue weighted by atomic mass is 16.5. The third kappa shape index (κ3) is 7.97. The zero-order valence-electron chi connectivity index (χ0n) is 19.6. The first kappa shape index (κ1) is 23.7. The summed E-state index contributed by atoms with van der Waals surface area (Å²) in [5.41, 5.74) is 5.63. The van der Waals surface area contributed by atoms with Crippen LogP contribution in [0.3, 0.4) is 0 Å². The Morgan fingerprint density at radius 3 is 2.69 bits per heavy atom. The lowest BCUT2D eigenvalue weighted by molar-refractivity contribution is -0.0186. The fourth-order valence-electron chi connectivity index (χ4n) is 4.09. The molecule has 1 nitrogen and oxygen atoms in total. The Morgan fingerprint density at radius 1 is 1.14 bits per heavy atom. The minimum absolute atomic E-state index is 0.110. The molecule has 0 radical (unpaired) electrons. The van der Waals surface area contributed by atoms with Crippen LogP contribution in [-0.2, 0) is 11.2 Å². The number of rotatable bonds is 10. The number of ether oxygens (including phenoxy) is 1. The average molecular weight is 395 g/mol. The molecule has 2 atom stereocenters. The van der Waals surface area contributed by atoms with Gasteiger partial charge in [-0.25, -0.2) is 0 Å². The molecule has 160 valence electrons. The highest BCUT2D eigenvalue weighted by molar-refractivity contribution is 5.73. The Labute approximate surface area is 179 Å². The first-order chi connectivity index (χ1) is 13.9. The maximum atomic E-state index is 6.23. The first-order valence-electron chi connectivity index (χ1n) is 11.7. The van der Waals surface area contributed by atoms with E-state index in [2.05, 4.69) is 76.3 Å². The molecule has 29 heavy (non-hydrogen) atoms. The number of benzene rings is 1. The maximum Gasteiger partial charge on any atom is 0.0666 e. The fourth-order valence-corrected chi connectivity index (χ4v) is 4.09. The molecule has 1 fully saturated rings. The van der Waals surface area contributed by atoms with Crippen molar-refractivity contribution in [1.29, 1.82) is 0 Å². The lowest BCUT2D eigenvalue weighted by atomic mass is 9.92. The minimum atomic E-state index is -0.110. The molecule has 2 aliphatic carbocycles. The van der Waals surface area contributed by atoms with Crippen LogP contribution in [0.2, 0.25) is 0 Å². The largest absolute Gasteiger partial charge is 0.375 e. The van der Waals surface area contributed by atoms with Crippen molar-refractivity contribution in [3.8, 4) is 0 Å². The molecule has 0 spiro atoms. The zero-order valence-corrected chi connectivity index (χ0v) is 19.6. The van der Waals surface area contributed by atoms with Crippen LogP contribution in [0.4, 0.5) is 0 Å². The third-order valence-corrected chi connectivity index (χ3v) is 5.66. The summed E-state index contributed by atoms with van der Waals surface area (Å²) in [5.74, 6) is 1.56. The van der Waals surface area contributed by atoms with Gasteiger partial charge in [0.05, 0.1) is 5.60 Å². The highest BCUT2D eigenvalue weighted by Crippen LogP contribution is 2.51. The van der Waals surface area contributed by atoms with Crippen LogP contribution >= 0.6 is 0 Å². The Morgan fingerprint density at radius 2 is 1.93 bits per heavy atom. The molecule has 0 aliphatic heterocycles. The summed E-state index contributed by atoms with van der Waals surface area (Å²) in [6, 6.07) is 9.10. The molecule has 2 unspecified atom stereocenters. The van der Waals surface area contributed by atoms with Crippen molar-refractivity contribution in [2.24, 2.45) is 11.8 Å². The van der Waals surface area contributed by atoms with Crippen LogP contribution in [0.1, 0.15) is 84.8 Å². The standard InChI is InChI=1S/C26H36O.C2H6/c1-20(2)11-7-5-6-8-16-27-26(3,4)19-21-12-9-13-22(17-21)24-15-10-14-23-18-25(23)24;1-2/h9-15,17,23,25H,5-8,16,18-19H2,1-4H3;1-2H3. The summed E-state index contributed by atoms with van der Waals surface area (Å²) < 4.78 is 6.23. The summed E-state index contributed by atoms with van der Waals surface area (Å²) in [5, 5.41) is 0. The number of hydrogen-bond donors (Lipinski definition) is 0. The van der Waals surface area contributed by atoms with Gasteiger partial charge in [-0.1, -0.05) is 74.4 Å². The van der Waals surface area contributed by atoms with E-state index in [9.17, 15) is 0 Å². The van der Waals surface area contributed by atoms with Crippen molar-refractivity contribution < 1.29 is 4.74 Å². The van der Waals surface area contributed by atoms with Crippen LogP contribution in [0.15, 0.2) is 54.1 Å². The Bertz CT molecular complexity index is 716. The molecule has 2 aliphatic rings. The topological polar surface area (TPSA) is 9.23 Å². The Kier molecular flexibility index (Phi) is 9.43. The van der Waals surface area contributed by atoms with Gasteiger partial charge >= 0.3 is 0 Å². The Balaban J connectivity index is 0.00000145. The van der Waals surface area contributed by atoms with Gasteiger partial charge in [-0.15, -0.1) is 0 Å². The molecule has 1 aromatic carbocycles. The normalized spacial score (nSPS) is 19.6. The molecular formula is C28H42O. The molecule has 0 amide bonds. The van der Waals surface area contributed by atoms with Crippen LogP contribution in [-0.4, -0.2) is 12.2 Å². The van der Waals surface area contributed by atoms with E-state index in [0.717, 1.165) is 31.3 Å². The fraction of sp³-hybridized carbons (Fsp3) is 0.571. The molecule has 0 saturated heterocycles.